The molecular formula is C10H16N2O2. The molecule has 0 bridgehead atoms. The minimum Gasteiger partial charge on any atom is -0.481 e. The monoisotopic (exact) mass is 196 g/mol. The lowest BCUT2D eigenvalue weighted by Crippen LogP contribution is -2.12. The summed E-state index contributed by atoms with van der Waals surface area (Å²) in [6, 6.07) is 1.86. The van der Waals surface area contributed by atoms with Crippen LogP contribution in [0.2, 0.25) is 0 Å². The van der Waals surface area contributed by atoms with E-state index in [-0.39, 0.29) is 11.8 Å². The van der Waals surface area contributed by atoms with Crippen molar-refractivity contribution in [3.05, 3.63) is 17.5 Å². The first-order valence-electron chi connectivity index (χ1n) is 4.56. The van der Waals surface area contributed by atoms with Gasteiger partial charge >= 0.3 is 5.97 Å². The Labute approximate surface area is 83.5 Å². The van der Waals surface area contributed by atoms with Crippen LogP contribution in [0.1, 0.15) is 32.2 Å². The predicted molar refractivity (Wildman–Crippen MR) is 53.2 cm³/mol. The number of aryl methyl sites for hydroxylation is 1. The van der Waals surface area contributed by atoms with Crippen molar-refractivity contribution in [3.63, 3.8) is 0 Å². The normalized spacial score (nSPS) is 11.7. The van der Waals surface area contributed by atoms with Gasteiger partial charge in [-0.05, 0) is 6.07 Å². The maximum absolute atomic E-state index is 10.5. The first kappa shape index (κ1) is 10.8. The third-order valence-electron chi connectivity index (χ3n) is 2.08. The minimum absolute atomic E-state index is 0.0274. The molecule has 1 aromatic rings. The molecule has 4 nitrogen and oxygen atoms in total. The summed E-state index contributed by atoms with van der Waals surface area (Å²) in [7, 11) is 1.77. The molecule has 0 aliphatic rings. The van der Waals surface area contributed by atoms with Crippen LogP contribution >= 0.6 is 0 Å². The second kappa shape index (κ2) is 3.44. The molecule has 0 amide bonds. The zero-order valence-electron chi connectivity index (χ0n) is 9.03. The van der Waals surface area contributed by atoms with Crippen molar-refractivity contribution in [3.8, 4) is 0 Å². The summed E-state index contributed by atoms with van der Waals surface area (Å²) in [6.45, 7) is 6.17. The van der Waals surface area contributed by atoms with E-state index in [0.29, 0.717) is 0 Å². The largest absolute Gasteiger partial charge is 0.481 e. The quantitative estimate of drug-likeness (QED) is 0.776. The lowest BCUT2D eigenvalue weighted by molar-refractivity contribution is -0.136. The van der Waals surface area contributed by atoms with Gasteiger partial charge in [0, 0.05) is 18.2 Å². The zero-order valence-corrected chi connectivity index (χ0v) is 9.03. The number of hydrogen-bond acceptors (Lipinski definition) is 2. The molecule has 4 heteroatoms. The smallest absolute Gasteiger partial charge is 0.309 e. The number of carbonyl (C=O) groups is 1. The molecule has 1 N–H and O–H groups in total. The average Bonchev–Trinajstić information content (AvgIpc) is 2.30. The van der Waals surface area contributed by atoms with Gasteiger partial charge in [0.2, 0.25) is 0 Å². The molecule has 0 unspecified atom stereocenters. The van der Waals surface area contributed by atoms with Gasteiger partial charge in [-0.25, -0.2) is 0 Å². The van der Waals surface area contributed by atoms with Crippen LogP contribution in [-0.2, 0) is 23.7 Å². The molecule has 0 saturated carbocycles. The van der Waals surface area contributed by atoms with Gasteiger partial charge < -0.3 is 5.11 Å². The van der Waals surface area contributed by atoms with Crippen LogP contribution in [0.3, 0.4) is 0 Å². The van der Waals surface area contributed by atoms with Crippen LogP contribution in [0.4, 0.5) is 0 Å². The van der Waals surface area contributed by atoms with E-state index in [4.69, 9.17) is 5.11 Å². The van der Waals surface area contributed by atoms with Gasteiger partial charge in [-0.1, -0.05) is 20.8 Å². The van der Waals surface area contributed by atoms with Gasteiger partial charge in [-0.3, -0.25) is 9.48 Å². The molecule has 1 rings (SSSR count). The molecule has 0 spiro atoms. The molecule has 0 radical (unpaired) electrons. The predicted octanol–water partition coefficient (Wildman–Crippen LogP) is 1.34. The van der Waals surface area contributed by atoms with E-state index in [0.717, 1.165) is 11.4 Å². The van der Waals surface area contributed by atoms with Gasteiger partial charge in [0.25, 0.3) is 0 Å². The second-order valence-corrected chi connectivity index (χ2v) is 4.47. The average molecular weight is 196 g/mol. The Morgan fingerprint density at radius 1 is 1.57 bits per heavy atom. The van der Waals surface area contributed by atoms with Crippen molar-refractivity contribution in [2.75, 3.05) is 0 Å². The van der Waals surface area contributed by atoms with Crippen LogP contribution in [-0.4, -0.2) is 20.9 Å². The van der Waals surface area contributed by atoms with Gasteiger partial charge in [0.15, 0.2) is 0 Å². The first-order valence-corrected chi connectivity index (χ1v) is 4.56. The Bertz CT molecular complexity index is 347. The van der Waals surface area contributed by atoms with Gasteiger partial charge in [-0.15, -0.1) is 0 Å². The minimum atomic E-state index is -0.826. The summed E-state index contributed by atoms with van der Waals surface area (Å²) in [5, 5.41) is 13.0. The van der Waals surface area contributed by atoms with E-state index in [1.54, 1.807) is 11.7 Å². The topological polar surface area (TPSA) is 55.1 Å². The molecule has 14 heavy (non-hydrogen) atoms. The molecule has 1 aromatic heterocycles. The molecule has 0 aliphatic heterocycles. The Kier molecular flexibility index (Phi) is 2.64. The Balaban J connectivity index is 2.99. The number of rotatable bonds is 2. The van der Waals surface area contributed by atoms with Crippen LogP contribution < -0.4 is 0 Å². The summed E-state index contributed by atoms with van der Waals surface area (Å²) < 4.78 is 1.63. The highest BCUT2D eigenvalue weighted by Crippen LogP contribution is 2.21. The van der Waals surface area contributed by atoms with E-state index in [1.165, 1.54) is 0 Å². The van der Waals surface area contributed by atoms with E-state index in [9.17, 15) is 4.79 Å². The van der Waals surface area contributed by atoms with Crippen LogP contribution in [0.5, 0.6) is 0 Å². The van der Waals surface area contributed by atoms with Crippen molar-refractivity contribution in [2.24, 2.45) is 7.05 Å². The lowest BCUT2D eigenvalue weighted by atomic mass is 9.92. The maximum Gasteiger partial charge on any atom is 0.309 e. The molecule has 0 atom stereocenters. The molecule has 78 valence electrons. The fourth-order valence-corrected chi connectivity index (χ4v) is 1.19. The number of aliphatic carboxylic acids is 1. The number of aromatic nitrogens is 2. The van der Waals surface area contributed by atoms with Crippen molar-refractivity contribution >= 4 is 5.97 Å². The number of nitrogens with zero attached hydrogens (tertiary/aromatic N) is 2. The van der Waals surface area contributed by atoms with Crippen molar-refractivity contribution in [1.29, 1.82) is 0 Å². The number of carboxylic acids is 1. The standard InChI is InChI=1S/C10H16N2O2/c1-10(2,3)8-5-7(6-9(13)14)12(4)11-8/h5H,6H2,1-4H3,(H,13,14). The third kappa shape index (κ3) is 2.34. The third-order valence-corrected chi connectivity index (χ3v) is 2.08. The first-order chi connectivity index (χ1) is 6.30. The molecule has 0 aliphatic carbocycles. The SMILES string of the molecule is Cn1nc(C(C)(C)C)cc1CC(=O)O. The summed E-state index contributed by atoms with van der Waals surface area (Å²) in [4.78, 5) is 10.5. The Morgan fingerprint density at radius 2 is 2.14 bits per heavy atom. The molecule has 1 heterocycles. The second-order valence-electron chi connectivity index (χ2n) is 4.47. The summed E-state index contributed by atoms with van der Waals surface area (Å²) in [6.07, 6.45) is 0.0274. The van der Waals surface area contributed by atoms with E-state index in [2.05, 4.69) is 25.9 Å². The highest BCUT2D eigenvalue weighted by molar-refractivity contribution is 5.69. The van der Waals surface area contributed by atoms with E-state index in [1.807, 2.05) is 6.07 Å². The highest BCUT2D eigenvalue weighted by atomic mass is 16.4. The van der Waals surface area contributed by atoms with E-state index < -0.39 is 5.97 Å². The Morgan fingerprint density at radius 3 is 2.50 bits per heavy atom. The van der Waals surface area contributed by atoms with E-state index >= 15 is 0 Å². The molecule has 0 aromatic carbocycles. The fraction of sp³-hybridized carbons (Fsp3) is 0.600. The van der Waals surface area contributed by atoms with Gasteiger partial charge in [-0.2, -0.15) is 5.10 Å². The lowest BCUT2D eigenvalue weighted by Gasteiger charge is -2.13. The van der Waals surface area contributed by atoms with Crippen LogP contribution in [0.25, 0.3) is 0 Å². The summed E-state index contributed by atoms with van der Waals surface area (Å²) in [5.41, 5.74) is 1.63. The zero-order chi connectivity index (χ0) is 10.9. The van der Waals surface area contributed by atoms with Crippen LogP contribution in [0.15, 0.2) is 6.07 Å². The summed E-state index contributed by atoms with van der Waals surface area (Å²) >= 11 is 0. The molecule has 0 fully saturated rings. The highest BCUT2D eigenvalue weighted by Gasteiger charge is 2.19. The summed E-state index contributed by atoms with van der Waals surface area (Å²) in [5.74, 6) is -0.826. The van der Waals surface area contributed by atoms with Crippen molar-refractivity contribution in [1.82, 2.24) is 9.78 Å². The molecular weight excluding hydrogens is 180 g/mol. The van der Waals surface area contributed by atoms with Gasteiger partial charge in [0.05, 0.1) is 12.1 Å². The van der Waals surface area contributed by atoms with Crippen molar-refractivity contribution < 1.29 is 9.90 Å². The molecule has 0 saturated heterocycles. The Hall–Kier alpha value is -1.32. The van der Waals surface area contributed by atoms with Crippen LogP contribution in [0, 0.1) is 0 Å². The number of hydrogen-bond donors (Lipinski definition) is 1. The van der Waals surface area contributed by atoms with Gasteiger partial charge in [0.1, 0.15) is 0 Å². The number of carboxylic acid groups (broad SMARTS) is 1. The fourth-order valence-electron chi connectivity index (χ4n) is 1.19. The maximum atomic E-state index is 10.5. The van der Waals surface area contributed by atoms with Crippen molar-refractivity contribution in [2.45, 2.75) is 32.6 Å².